The second-order valence-corrected chi connectivity index (χ2v) is 11.3. The zero-order valence-corrected chi connectivity index (χ0v) is 28.2. The molecular weight excluding hydrogens is 544 g/mol. The van der Waals surface area contributed by atoms with Gasteiger partial charge >= 0.3 is 11.9 Å². The van der Waals surface area contributed by atoms with Crippen LogP contribution in [0, 0.1) is 0 Å². The van der Waals surface area contributed by atoms with Crippen molar-refractivity contribution in [2.24, 2.45) is 0 Å². The van der Waals surface area contributed by atoms with Gasteiger partial charge in [-0.3, -0.25) is 9.59 Å². The topological polar surface area (TPSA) is 63.6 Å². The smallest absolute Gasteiger partial charge is 0.306 e. The lowest BCUT2D eigenvalue weighted by atomic mass is 10.1. The largest absolute Gasteiger partial charge is 0.481 e. The summed E-state index contributed by atoms with van der Waals surface area (Å²) in [6.07, 6.45) is 50.3. The van der Waals surface area contributed by atoms with Crippen LogP contribution in [0.1, 0.15) is 149 Å². The van der Waals surface area contributed by atoms with Crippen molar-refractivity contribution >= 4 is 11.9 Å². The number of rotatable bonds is 30. The van der Waals surface area contributed by atoms with Gasteiger partial charge in [-0.25, -0.2) is 0 Å². The molecule has 0 aromatic rings. The van der Waals surface area contributed by atoms with Crippen molar-refractivity contribution in [1.29, 1.82) is 0 Å². The highest BCUT2D eigenvalue weighted by molar-refractivity contribution is 5.69. The van der Waals surface area contributed by atoms with E-state index in [1.165, 1.54) is 32.1 Å². The van der Waals surface area contributed by atoms with Crippen LogP contribution >= 0.6 is 0 Å². The Morgan fingerprint density at radius 2 is 0.955 bits per heavy atom. The van der Waals surface area contributed by atoms with Crippen LogP contribution in [0.4, 0.5) is 0 Å². The lowest BCUT2D eigenvalue weighted by Crippen LogP contribution is -2.16. The molecule has 0 heterocycles. The second kappa shape index (κ2) is 34.6. The van der Waals surface area contributed by atoms with Crippen LogP contribution in [0.15, 0.2) is 85.1 Å². The number of carboxylic acids is 1. The Morgan fingerprint density at radius 3 is 1.50 bits per heavy atom. The van der Waals surface area contributed by atoms with E-state index in [1.54, 1.807) is 0 Å². The molecule has 1 atom stereocenters. The summed E-state index contributed by atoms with van der Waals surface area (Å²) in [5.74, 6) is -0.878. The summed E-state index contributed by atoms with van der Waals surface area (Å²) in [5, 5.41) is 8.85. The van der Waals surface area contributed by atoms with Gasteiger partial charge in [0.2, 0.25) is 0 Å². The van der Waals surface area contributed by atoms with Crippen LogP contribution in [0.25, 0.3) is 0 Å². The Morgan fingerprint density at radius 1 is 0.523 bits per heavy atom. The third kappa shape index (κ3) is 33.6. The van der Waals surface area contributed by atoms with Gasteiger partial charge in [0.05, 0.1) is 0 Å². The molecule has 0 fully saturated rings. The van der Waals surface area contributed by atoms with Crippen molar-refractivity contribution < 1.29 is 19.4 Å². The molecule has 0 aliphatic rings. The molecule has 0 aromatic heterocycles. The van der Waals surface area contributed by atoms with Gasteiger partial charge in [0.1, 0.15) is 6.10 Å². The summed E-state index contributed by atoms with van der Waals surface area (Å²) in [6, 6.07) is 0. The molecular formula is C40H64O4. The normalized spacial score (nSPS) is 13.3. The monoisotopic (exact) mass is 608 g/mol. The minimum Gasteiger partial charge on any atom is -0.481 e. The molecule has 44 heavy (non-hydrogen) atoms. The molecule has 0 rings (SSSR count). The molecule has 0 saturated carbocycles. The van der Waals surface area contributed by atoms with E-state index in [0.717, 1.165) is 83.5 Å². The fourth-order valence-corrected chi connectivity index (χ4v) is 4.58. The third-order valence-corrected chi connectivity index (χ3v) is 7.10. The molecule has 0 aromatic carbocycles. The number of unbranched alkanes of at least 4 members (excludes halogenated alkanes) is 9. The SMILES string of the molecule is CC/C=C\C/C=C\C/C=C\C/C=C\C(CCCCCC(=O)O)OC(=O)CCCCCCCCC/C=C\C/C=C\C/C=C\CC. The first-order valence-electron chi connectivity index (χ1n) is 17.6. The van der Waals surface area contributed by atoms with Gasteiger partial charge in [-0.2, -0.15) is 0 Å². The molecule has 0 bridgehead atoms. The Balaban J connectivity index is 4.13. The molecule has 1 unspecified atom stereocenters. The predicted octanol–water partition coefficient (Wildman–Crippen LogP) is 12.1. The van der Waals surface area contributed by atoms with Gasteiger partial charge in [0.25, 0.3) is 0 Å². The first-order valence-corrected chi connectivity index (χ1v) is 17.6. The maximum absolute atomic E-state index is 12.5. The van der Waals surface area contributed by atoms with Crippen molar-refractivity contribution in [3.63, 3.8) is 0 Å². The Labute approximate surface area is 270 Å². The number of hydrogen-bond acceptors (Lipinski definition) is 3. The third-order valence-electron chi connectivity index (χ3n) is 7.10. The van der Waals surface area contributed by atoms with E-state index in [2.05, 4.69) is 92.8 Å². The first kappa shape index (κ1) is 41.1. The molecule has 248 valence electrons. The molecule has 0 amide bonds. The number of carbonyl (C=O) groups is 2. The summed E-state index contributed by atoms with van der Waals surface area (Å²) >= 11 is 0. The van der Waals surface area contributed by atoms with Gasteiger partial charge in [0.15, 0.2) is 0 Å². The maximum atomic E-state index is 12.5. The summed E-state index contributed by atoms with van der Waals surface area (Å²) in [4.78, 5) is 23.3. The van der Waals surface area contributed by atoms with Gasteiger partial charge in [0, 0.05) is 12.8 Å². The standard InChI is InChI=1S/C40H64O4/c1-3-5-7-9-11-13-15-16-17-18-19-20-22-24-26-28-33-37-40(43)44-38(35-31-29-32-36-39(41)42)34-30-27-25-23-21-14-12-10-8-6-4-2/h5-8,11-14,16-17,23,25,30,34,38H,3-4,9-10,15,18-22,24,26-29,31-33,35-37H2,1-2H3,(H,41,42)/b7-5-,8-6-,13-11-,14-12-,17-16-,25-23-,34-30-. The summed E-state index contributed by atoms with van der Waals surface area (Å²) in [6.45, 7) is 4.30. The summed E-state index contributed by atoms with van der Waals surface area (Å²) in [7, 11) is 0. The average molecular weight is 609 g/mol. The predicted molar refractivity (Wildman–Crippen MR) is 190 cm³/mol. The second-order valence-electron chi connectivity index (χ2n) is 11.3. The van der Waals surface area contributed by atoms with Crippen molar-refractivity contribution in [1.82, 2.24) is 0 Å². The van der Waals surface area contributed by atoms with E-state index in [9.17, 15) is 9.59 Å². The van der Waals surface area contributed by atoms with Crippen molar-refractivity contribution in [2.45, 2.75) is 155 Å². The van der Waals surface area contributed by atoms with Gasteiger partial charge < -0.3 is 9.84 Å². The van der Waals surface area contributed by atoms with Crippen LogP contribution in [-0.4, -0.2) is 23.1 Å². The van der Waals surface area contributed by atoms with Crippen molar-refractivity contribution in [3.05, 3.63) is 85.1 Å². The van der Waals surface area contributed by atoms with E-state index >= 15 is 0 Å². The Hall–Kier alpha value is -2.88. The highest BCUT2D eigenvalue weighted by Gasteiger charge is 2.11. The number of aliphatic carboxylic acids is 1. The summed E-state index contributed by atoms with van der Waals surface area (Å²) < 4.78 is 5.80. The van der Waals surface area contributed by atoms with Crippen LogP contribution in [0.3, 0.4) is 0 Å². The van der Waals surface area contributed by atoms with Gasteiger partial charge in [-0.05, 0) is 89.5 Å². The van der Waals surface area contributed by atoms with E-state index in [1.807, 2.05) is 6.08 Å². The highest BCUT2D eigenvalue weighted by Crippen LogP contribution is 2.14. The number of hydrogen-bond donors (Lipinski definition) is 1. The van der Waals surface area contributed by atoms with Crippen molar-refractivity contribution in [3.8, 4) is 0 Å². The van der Waals surface area contributed by atoms with E-state index in [-0.39, 0.29) is 18.5 Å². The maximum Gasteiger partial charge on any atom is 0.306 e. The van der Waals surface area contributed by atoms with E-state index < -0.39 is 5.97 Å². The number of allylic oxidation sites excluding steroid dienone is 13. The molecule has 0 aliphatic carbocycles. The molecule has 0 spiro atoms. The van der Waals surface area contributed by atoms with E-state index in [0.29, 0.717) is 12.8 Å². The summed E-state index contributed by atoms with van der Waals surface area (Å²) in [5.41, 5.74) is 0. The fourth-order valence-electron chi connectivity index (χ4n) is 4.58. The van der Waals surface area contributed by atoms with Gasteiger partial charge in [-0.15, -0.1) is 0 Å². The minimum atomic E-state index is -0.755. The minimum absolute atomic E-state index is 0.123. The lowest BCUT2D eigenvalue weighted by molar-refractivity contribution is -0.147. The van der Waals surface area contributed by atoms with Crippen LogP contribution in [0.2, 0.25) is 0 Å². The quantitative estimate of drug-likeness (QED) is 0.0500. The molecule has 1 N–H and O–H groups in total. The Kier molecular flexibility index (Phi) is 32.3. The van der Waals surface area contributed by atoms with Gasteiger partial charge in [-0.1, -0.05) is 131 Å². The number of carboxylic acid groups (broad SMARTS) is 1. The fraction of sp³-hybridized carbons (Fsp3) is 0.600. The lowest BCUT2D eigenvalue weighted by Gasteiger charge is -2.14. The first-order chi connectivity index (χ1) is 21.6. The zero-order chi connectivity index (χ0) is 32.2. The molecule has 0 aliphatic heterocycles. The van der Waals surface area contributed by atoms with Crippen LogP contribution in [-0.2, 0) is 14.3 Å². The van der Waals surface area contributed by atoms with Crippen molar-refractivity contribution in [2.75, 3.05) is 0 Å². The molecule has 4 heteroatoms. The Bertz CT molecular complexity index is 872. The number of carbonyl (C=O) groups excluding carboxylic acids is 1. The zero-order valence-electron chi connectivity index (χ0n) is 28.2. The van der Waals surface area contributed by atoms with E-state index in [4.69, 9.17) is 9.84 Å². The molecule has 4 nitrogen and oxygen atoms in total. The van der Waals surface area contributed by atoms with Crippen LogP contribution in [0.5, 0.6) is 0 Å². The number of ether oxygens (including phenoxy) is 1. The molecule has 0 radical (unpaired) electrons. The number of esters is 1. The highest BCUT2D eigenvalue weighted by atomic mass is 16.5. The van der Waals surface area contributed by atoms with Crippen LogP contribution < -0.4 is 0 Å². The molecule has 0 saturated heterocycles. The average Bonchev–Trinajstić information content (AvgIpc) is 3.00.